The Bertz CT molecular complexity index is 1090. The van der Waals surface area contributed by atoms with Crippen molar-refractivity contribution in [2.45, 2.75) is 6.42 Å². The van der Waals surface area contributed by atoms with Crippen molar-refractivity contribution in [1.29, 1.82) is 0 Å². The summed E-state index contributed by atoms with van der Waals surface area (Å²) in [4.78, 5) is 36.7. The van der Waals surface area contributed by atoms with Gasteiger partial charge in [0.15, 0.2) is 5.69 Å². The molecule has 0 aliphatic carbocycles. The lowest BCUT2D eigenvalue weighted by Crippen LogP contribution is -2.43. The number of nitrogens with one attached hydrogen (secondary N) is 2. The van der Waals surface area contributed by atoms with Gasteiger partial charge >= 0.3 is 0 Å². The molecule has 7 nitrogen and oxygen atoms in total. The van der Waals surface area contributed by atoms with E-state index in [9.17, 15) is 14.4 Å². The van der Waals surface area contributed by atoms with Crippen LogP contribution in [-0.4, -0.2) is 21.6 Å². The third kappa shape index (κ3) is 3.94. The van der Waals surface area contributed by atoms with Gasteiger partial charge in [-0.1, -0.05) is 47.5 Å². The van der Waals surface area contributed by atoms with Gasteiger partial charge in [-0.3, -0.25) is 25.2 Å². The number of hydrazine groups is 1. The largest absolute Gasteiger partial charge is 0.290 e. The van der Waals surface area contributed by atoms with E-state index in [0.29, 0.717) is 26.4 Å². The predicted molar refractivity (Wildman–Crippen MR) is 103 cm³/mol. The maximum absolute atomic E-state index is 12.5. The first-order valence-electron chi connectivity index (χ1n) is 7.86. The van der Waals surface area contributed by atoms with Crippen molar-refractivity contribution in [2.75, 3.05) is 0 Å². The maximum atomic E-state index is 12.5. The van der Waals surface area contributed by atoms with E-state index in [2.05, 4.69) is 16.0 Å². The lowest BCUT2D eigenvalue weighted by Gasteiger charge is -2.11. The highest BCUT2D eigenvalue weighted by Crippen LogP contribution is 2.24. The van der Waals surface area contributed by atoms with Crippen LogP contribution in [-0.2, 0) is 18.3 Å². The van der Waals surface area contributed by atoms with Crippen LogP contribution in [0.15, 0.2) is 47.3 Å². The third-order valence-electron chi connectivity index (χ3n) is 3.89. The number of aryl methyl sites for hydroxylation is 1. The van der Waals surface area contributed by atoms with E-state index in [0.717, 1.165) is 4.68 Å². The minimum atomic E-state index is -0.652. The van der Waals surface area contributed by atoms with Crippen LogP contribution in [0.3, 0.4) is 0 Å². The lowest BCUT2D eigenvalue weighted by atomic mass is 10.1. The quantitative estimate of drug-likeness (QED) is 0.654. The fraction of sp³-hybridized carbons (Fsp3) is 0.111. The van der Waals surface area contributed by atoms with Crippen molar-refractivity contribution in [3.05, 3.63) is 74.1 Å². The number of carbonyl (C=O) groups excluding carboxylic acids is 2. The van der Waals surface area contributed by atoms with E-state index in [1.165, 1.54) is 7.05 Å². The van der Waals surface area contributed by atoms with Crippen molar-refractivity contribution in [3.8, 4) is 0 Å². The zero-order valence-corrected chi connectivity index (χ0v) is 15.6. The molecule has 3 rings (SSSR count). The van der Waals surface area contributed by atoms with E-state index < -0.39 is 11.8 Å². The van der Waals surface area contributed by atoms with Gasteiger partial charge < -0.3 is 0 Å². The molecule has 1 heterocycles. The second kappa shape index (κ2) is 7.77. The number of hydrogen-bond donors (Lipinski definition) is 2. The van der Waals surface area contributed by atoms with Crippen LogP contribution in [0, 0.1) is 0 Å². The molecule has 0 aliphatic rings. The fourth-order valence-corrected chi connectivity index (χ4v) is 3.09. The van der Waals surface area contributed by atoms with Gasteiger partial charge in [-0.2, -0.15) is 5.10 Å². The second-order valence-electron chi connectivity index (χ2n) is 5.70. The molecule has 9 heteroatoms. The molecular weight excluding hydrogens is 391 g/mol. The Balaban J connectivity index is 1.77. The zero-order chi connectivity index (χ0) is 19.6. The van der Waals surface area contributed by atoms with Crippen LogP contribution < -0.4 is 16.4 Å². The van der Waals surface area contributed by atoms with Gasteiger partial charge in [0, 0.05) is 22.5 Å². The number of nitrogens with zero attached hydrogens (tertiary/aromatic N) is 2. The summed E-state index contributed by atoms with van der Waals surface area (Å²) >= 11 is 12.1. The Kier molecular flexibility index (Phi) is 5.43. The Morgan fingerprint density at radius 3 is 2.30 bits per heavy atom. The number of benzene rings is 2. The van der Waals surface area contributed by atoms with E-state index in [1.54, 1.807) is 42.5 Å². The molecule has 3 aromatic rings. The maximum Gasteiger partial charge on any atom is 0.290 e. The number of halogens is 2. The molecule has 0 atom stereocenters. The standard InChI is InChI=1S/C18H14Cl2N4O3/c1-24-18(27)11-6-3-2-5-10(11)16(23-24)17(26)22-21-15(25)9-12-13(19)7-4-8-14(12)20/h2-8H,9H2,1H3,(H,21,25)(H,22,26). The first-order valence-corrected chi connectivity index (χ1v) is 8.62. The molecule has 0 fully saturated rings. The third-order valence-corrected chi connectivity index (χ3v) is 4.59. The van der Waals surface area contributed by atoms with Gasteiger partial charge in [0.25, 0.3) is 11.5 Å². The molecule has 138 valence electrons. The topological polar surface area (TPSA) is 93.1 Å². The molecule has 0 radical (unpaired) electrons. The molecule has 0 spiro atoms. The number of hydrogen-bond acceptors (Lipinski definition) is 4. The van der Waals surface area contributed by atoms with Crippen LogP contribution in [0.4, 0.5) is 0 Å². The highest BCUT2D eigenvalue weighted by molar-refractivity contribution is 6.36. The van der Waals surface area contributed by atoms with Gasteiger partial charge in [-0.15, -0.1) is 0 Å². The van der Waals surface area contributed by atoms with Crippen molar-refractivity contribution in [1.82, 2.24) is 20.6 Å². The Labute approximate surface area is 163 Å². The molecule has 27 heavy (non-hydrogen) atoms. The first-order chi connectivity index (χ1) is 12.9. The lowest BCUT2D eigenvalue weighted by molar-refractivity contribution is -0.121. The number of rotatable bonds is 3. The average Bonchev–Trinajstić information content (AvgIpc) is 2.66. The molecule has 2 N–H and O–H groups in total. The summed E-state index contributed by atoms with van der Waals surface area (Å²) in [6, 6.07) is 11.5. The van der Waals surface area contributed by atoms with Crippen LogP contribution >= 0.6 is 23.2 Å². The summed E-state index contributed by atoms with van der Waals surface area (Å²) < 4.78 is 1.07. The molecule has 1 aromatic heterocycles. The molecule has 0 aliphatic heterocycles. The number of aromatic nitrogens is 2. The van der Waals surface area contributed by atoms with Crippen LogP contribution in [0.25, 0.3) is 10.8 Å². The average molecular weight is 405 g/mol. The predicted octanol–water partition coefficient (Wildman–Crippen LogP) is 2.24. The van der Waals surface area contributed by atoms with Gasteiger partial charge in [-0.05, 0) is 23.8 Å². The van der Waals surface area contributed by atoms with Crippen LogP contribution in [0.1, 0.15) is 16.1 Å². The SMILES string of the molecule is Cn1nc(C(=O)NNC(=O)Cc2c(Cl)cccc2Cl)c2ccccc2c1=O. The van der Waals surface area contributed by atoms with Gasteiger partial charge in [0.1, 0.15) is 0 Å². The minimum Gasteiger partial charge on any atom is -0.273 e. The van der Waals surface area contributed by atoms with Gasteiger partial charge in [0.2, 0.25) is 5.91 Å². The Morgan fingerprint density at radius 2 is 1.63 bits per heavy atom. The molecular formula is C18H14Cl2N4O3. The van der Waals surface area contributed by atoms with E-state index in [4.69, 9.17) is 23.2 Å². The molecule has 0 bridgehead atoms. The monoisotopic (exact) mass is 404 g/mol. The smallest absolute Gasteiger partial charge is 0.273 e. The van der Waals surface area contributed by atoms with Crippen LogP contribution in [0.5, 0.6) is 0 Å². The highest BCUT2D eigenvalue weighted by Gasteiger charge is 2.17. The Hall–Kier alpha value is -2.90. The molecule has 0 saturated heterocycles. The van der Waals surface area contributed by atoms with Crippen molar-refractivity contribution in [2.24, 2.45) is 7.05 Å². The van der Waals surface area contributed by atoms with Gasteiger partial charge in [-0.25, -0.2) is 4.68 Å². The summed E-state index contributed by atoms with van der Waals surface area (Å²) in [5.74, 6) is -1.16. The van der Waals surface area contributed by atoms with Crippen molar-refractivity contribution in [3.63, 3.8) is 0 Å². The van der Waals surface area contributed by atoms with Crippen LogP contribution in [0.2, 0.25) is 10.0 Å². The molecule has 2 amide bonds. The molecule has 0 saturated carbocycles. The van der Waals surface area contributed by atoms with E-state index in [1.807, 2.05) is 0 Å². The molecule has 2 aromatic carbocycles. The van der Waals surface area contributed by atoms with E-state index >= 15 is 0 Å². The summed E-state index contributed by atoms with van der Waals surface area (Å²) in [7, 11) is 1.45. The number of fused-ring (bicyclic) bond motifs is 1. The normalized spacial score (nSPS) is 10.6. The first kappa shape index (κ1) is 18.9. The zero-order valence-electron chi connectivity index (χ0n) is 14.1. The minimum absolute atomic E-state index is 0.0174. The summed E-state index contributed by atoms with van der Waals surface area (Å²) in [5, 5.41) is 5.45. The van der Waals surface area contributed by atoms with Gasteiger partial charge in [0.05, 0.1) is 11.8 Å². The van der Waals surface area contributed by atoms with Crippen molar-refractivity contribution >= 4 is 45.8 Å². The molecule has 0 unspecified atom stereocenters. The summed E-state index contributed by atoms with van der Waals surface area (Å²) in [6.07, 6.45) is -0.111. The second-order valence-corrected chi connectivity index (χ2v) is 6.52. The number of carbonyl (C=O) groups is 2. The highest BCUT2D eigenvalue weighted by atomic mass is 35.5. The fourth-order valence-electron chi connectivity index (χ4n) is 2.56. The summed E-state index contributed by atoms with van der Waals surface area (Å²) in [5.41, 5.74) is 4.75. The van der Waals surface area contributed by atoms with Crippen molar-refractivity contribution < 1.29 is 9.59 Å². The summed E-state index contributed by atoms with van der Waals surface area (Å²) in [6.45, 7) is 0. The Morgan fingerprint density at radius 1 is 1.00 bits per heavy atom. The number of amides is 2. The van der Waals surface area contributed by atoms with E-state index in [-0.39, 0.29) is 17.7 Å².